The zero-order valence-electron chi connectivity index (χ0n) is 11.2. The number of ether oxygens (including phenoxy) is 2. The van der Waals surface area contributed by atoms with Crippen LogP contribution in [-0.4, -0.2) is 48.9 Å². The maximum atomic E-state index is 13.0. The minimum absolute atomic E-state index is 0.710. The minimum Gasteiger partial charge on any atom is -0.467 e. The number of rotatable bonds is 3. The molecule has 0 aliphatic heterocycles. The molecule has 0 aliphatic rings. The van der Waals surface area contributed by atoms with Crippen molar-refractivity contribution in [2.75, 3.05) is 20.8 Å². The molecule has 0 radical (unpaired) electrons. The molecule has 6 heteroatoms. The number of alkyl halides is 1. The van der Waals surface area contributed by atoms with Crippen molar-refractivity contribution >= 4 is 12.1 Å². The van der Waals surface area contributed by atoms with E-state index >= 15 is 0 Å². The fraction of sp³-hybridized carbons (Fsp3) is 0.818. The van der Waals surface area contributed by atoms with E-state index in [1.54, 1.807) is 20.8 Å². The van der Waals surface area contributed by atoms with E-state index in [0.717, 1.165) is 12.0 Å². The van der Waals surface area contributed by atoms with E-state index in [4.69, 9.17) is 4.74 Å². The summed E-state index contributed by atoms with van der Waals surface area (Å²) in [5, 5.41) is 0. The lowest BCUT2D eigenvalue weighted by atomic mass is 10.0. The van der Waals surface area contributed by atoms with E-state index in [9.17, 15) is 14.0 Å². The number of halogens is 1. The molecule has 0 aromatic heterocycles. The summed E-state index contributed by atoms with van der Waals surface area (Å²) < 4.78 is 22.5. The SMILES string of the molecule is COC(=O)C(C)(CF)N(C)C(=O)OC(C)(C)C. The highest BCUT2D eigenvalue weighted by Gasteiger charge is 2.43. The Balaban J connectivity index is 4.93. The van der Waals surface area contributed by atoms with Gasteiger partial charge in [-0.3, -0.25) is 4.90 Å². The average Bonchev–Trinajstić information content (AvgIpc) is 2.23. The second kappa shape index (κ2) is 5.33. The molecular formula is C11H20FNO4. The first-order valence-corrected chi connectivity index (χ1v) is 5.19. The molecule has 0 spiro atoms. The Labute approximate surface area is 101 Å². The van der Waals surface area contributed by atoms with Gasteiger partial charge in [-0.15, -0.1) is 0 Å². The number of nitrogens with zero attached hydrogens (tertiary/aromatic N) is 1. The van der Waals surface area contributed by atoms with Gasteiger partial charge in [-0.1, -0.05) is 0 Å². The maximum absolute atomic E-state index is 13.0. The Bertz CT molecular complexity index is 300. The van der Waals surface area contributed by atoms with Gasteiger partial charge in [0, 0.05) is 7.05 Å². The van der Waals surface area contributed by atoms with Crippen LogP contribution in [0.15, 0.2) is 0 Å². The van der Waals surface area contributed by atoms with Gasteiger partial charge in [-0.05, 0) is 27.7 Å². The Morgan fingerprint density at radius 1 is 1.24 bits per heavy atom. The zero-order chi connectivity index (χ0) is 13.9. The fourth-order valence-corrected chi connectivity index (χ4v) is 1.03. The van der Waals surface area contributed by atoms with Gasteiger partial charge in [-0.2, -0.15) is 0 Å². The molecule has 0 rings (SSSR count). The van der Waals surface area contributed by atoms with Crippen LogP contribution in [0.4, 0.5) is 9.18 Å². The van der Waals surface area contributed by atoms with E-state index < -0.39 is 29.9 Å². The van der Waals surface area contributed by atoms with Crippen molar-refractivity contribution in [2.45, 2.75) is 38.8 Å². The number of likely N-dealkylation sites (N-methyl/N-ethyl adjacent to an activating group) is 1. The molecule has 1 amide bonds. The number of esters is 1. The molecule has 0 N–H and O–H groups in total. The first-order valence-electron chi connectivity index (χ1n) is 5.19. The van der Waals surface area contributed by atoms with Crippen LogP contribution in [0.1, 0.15) is 27.7 Å². The third-order valence-corrected chi connectivity index (χ3v) is 2.29. The van der Waals surface area contributed by atoms with Gasteiger partial charge in [0.25, 0.3) is 0 Å². The summed E-state index contributed by atoms with van der Waals surface area (Å²) >= 11 is 0. The number of hydrogen-bond donors (Lipinski definition) is 0. The monoisotopic (exact) mass is 249 g/mol. The highest BCUT2D eigenvalue weighted by Crippen LogP contribution is 2.19. The molecule has 1 unspecified atom stereocenters. The Hall–Kier alpha value is -1.33. The van der Waals surface area contributed by atoms with E-state index in [-0.39, 0.29) is 0 Å². The molecule has 0 fully saturated rings. The molecular weight excluding hydrogens is 229 g/mol. The van der Waals surface area contributed by atoms with Gasteiger partial charge in [0.15, 0.2) is 5.54 Å². The van der Waals surface area contributed by atoms with Gasteiger partial charge in [0.2, 0.25) is 0 Å². The molecule has 0 heterocycles. The minimum atomic E-state index is -1.67. The first kappa shape index (κ1) is 15.7. The third kappa shape index (κ3) is 3.87. The average molecular weight is 249 g/mol. The molecule has 5 nitrogen and oxygen atoms in total. The predicted molar refractivity (Wildman–Crippen MR) is 60.4 cm³/mol. The summed E-state index contributed by atoms with van der Waals surface area (Å²) in [5.41, 5.74) is -2.38. The Morgan fingerprint density at radius 3 is 2.00 bits per heavy atom. The van der Waals surface area contributed by atoms with Gasteiger partial charge in [-0.25, -0.2) is 14.0 Å². The van der Waals surface area contributed by atoms with Gasteiger partial charge >= 0.3 is 12.1 Å². The second-order valence-corrected chi connectivity index (χ2v) is 4.94. The number of hydrogen-bond acceptors (Lipinski definition) is 4. The van der Waals surface area contributed by atoms with Crippen LogP contribution >= 0.6 is 0 Å². The quantitative estimate of drug-likeness (QED) is 0.715. The molecule has 0 bridgehead atoms. The Morgan fingerprint density at radius 2 is 1.71 bits per heavy atom. The molecule has 0 aliphatic carbocycles. The summed E-state index contributed by atoms with van der Waals surface area (Å²) in [5.74, 6) is -0.826. The molecule has 1 atom stereocenters. The van der Waals surface area contributed by atoms with Gasteiger partial charge in [0.1, 0.15) is 12.3 Å². The summed E-state index contributed by atoms with van der Waals surface area (Å²) in [4.78, 5) is 24.1. The van der Waals surface area contributed by atoms with Crippen molar-refractivity contribution in [3.05, 3.63) is 0 Å². The number of methoxy groups -OCH3 is 1. The number of carbonyl (C=O) groups is 2. The highest BCUT2D eigenvalue weighted by molar-refractivity contribution is 5.85. The zero-order valence-corrected chi connectivity index (χ0v) is 11.2. The van der Waals surface area contributed by atoms with Crippen LogP contribution < -0.4 is 0 Å². The standard InChI is InChI=1S/C11H20FNO4/c1-10(2,3)17-9(15)13(5)11(4,7-12)8(14)16-6/h7H2,1-6H3. The topological polar surface area (TPSA) is 55.8 Å². The maximum Gasteiger partial charge on any atom is 0.411 e. The van der Waals surface area contributed by atoms with Crippen LogP contribution in [0.25, 0.3) is 0 Å². The first-order chi connectivity index (χ1) is 7.58. The number of carbonyl (C=O) groups excluding carboxylic acids is 2. The van der Waals surface area contributed by atoms with Crippen LogP contribution in [-0.2, 0) is 14.3 Å². The summed E-state index contributed by atoms with van der Waals surface area (Å²) in [6, 6.07) is 0. The van der Waals surface area contributed by atoms with E-state index in [1.807, 2.05) is 0 Å². The third-order valence-electron chi connectivity index (χ3n) is 2.29. The Kier molecular flexibility index (Phi) is 4.92. The lowest BCUT2D eigenvalue weighted by Gasteiger charge is -2.34. The summed E-state index contributed by atoms with van der Waals surface area (Å²) in [6.45, 7) is 5.29. The summed E-state index contributed by atoms with van der Waals surface area (Å²) in [6.07, 6.45) is -0.775. The molecule has 0 aromatic carbocycles. The van der Waals surface area contributed by atoms with Crippen molar-refractivity contribution < 1.29 is 23.5 Å². The molecule has 0 aromatic rings. The largest absolute Gasteiger partial charge is 0.467 e. The van der Waals surface area contributed by atoms with Crippen molar-refractivity contribution in [2.24, 2.45) is 0 Å². The smallest absolute Gasteiger partial charge is 0.411 e. The molecule has 100 valence electrons. The predicted octanol–water partition coefficient (Wildman–Crippen LogP) is 1.75. The van der Waals surface area contributed by atoms with Crippen molar-refractivity contribution in [1.29, 1.82) is 0 Å². The van der Waals surface area contributed by atoms with Crippen molar-refractivity contribution in [3.8, 4) is 0 Å². The van der Waals surface area contributed by atoms with Crippen LogP contribution in [0.3, 0.4) is 0 Å². The van der Waals surface area contributed by atoms with Gasteiger partial charge in [0.05, 0.1) is 7.11 Å². The van der Waals surface area contributed by atoms with Crippen LogP contribution in [0, 0.1) is 0 Å². The normalized spacial score (nSPS) is 14.8. The van der Waals surface area contributed by atoms with E-state index in [1.165, 1.54) is 14.0 Å². The fourth-order valence-electron chi connectivity index (χ4n) is 1.03. The van der Waals surface area contributed by atoms with Crippen LogP contribution in [0.2, 0.25) is 0 Å². The van der Waals surface area contributed by atoms with Gasteiger partial charge < -0.3 is 9.47 Å². The number of amides is 1. The molecule has 0 saturated heterocycles. The second-order valence-electron chi connectivity index (χ2n) is 4.94. The molecule has 0 saturated carbocycles. The van der Waals surface area contributed by atoms with E-state index in [0.29, 0.717) is 0 Å². The highest BCUT2D eigenvalue weighted by atomic mass is 19.1. The molecule has 17 heavy (non-hydrogen) atoms. The van der Waals surface area contributed by atoms with Crippen molar-refractivity contribution in [3.63, 3.8) is 0 Å². The summed E-state index contributed by atoms with van der Waals surface area (Å²) in [7, 11) is 2.43. The lowest BCUT2D eigenvalue weighted by molar-refractivity contribution is -0.154. The van der Waals surface area contributed by atoms with E-state index in [2.05, 4.69) is 4.74 Å². The van der Waals surface area contributed by atoms with Crippen molar-refractivity contribution in [1.82, 2.24) is 4.90 Å². The van der Waals surface area contributed by atoms with Crippen LogP contribution in [0.5, 0.6) is 0 Å². The lowest BCUT2D eigenvalue weighted by Crippen LogP contribution is -2.56.